The Labute approximate surface area is 101 Å². The first kappa shape index (κ1) is 11.9. The molecule has 4 nitrogen and oxygen atoms in total. The number of anilines is 1. The normalized spacial score (nSPS) is 18.2. The smallest absolute Gasteiger partial charge is 0.312 e. The summed E-state index contributed by atoms with van der Waals surface area (Å²) in [5.41, 5.74) is 1.98. The van der Waals surface area contributed by atoms with Crippen LogP contribution in [0.3, 0.4) is 0 Å². The van der Waals surface area contributed by atoms with E-state index >= 15 is 0 Å². The van der Waals surface area contributed by atoms with E-state index in [9.17, 15) is 9.90 Å². The van der Waals surface area contributed by atoms with Crippen LogP contribution in [-0.4, -0.2) is 37.9 Å². The fourth-order valence-corrected chi connectivity index (χ4v) is 2.31. The van der Waals surface area contributed by atoms with Crippen molar-refractivity contribution in [2.45, 2.75) is 12.3 Å². The summed E-state index contributed by atoms with van der Waals surface area (Å²) in [4.78, 5) is 13.3. The van der Waals surface area contributed by atoms with Crippen molar-refractivity contribution in [2.75, 3.05) is 31.7 Å². The fraction of sp³-hybridized carbons (Fsp3) is 0.462. The Morgan fingerprint density at radius 1 is 1.53 bits per heavy atom. The Kier molecular flexibility index (Phi) is 3.64. The number of benzene rings is 1. The second kappa shape index (κ2) is 5.19. The van der Waals surface area contributed by atoms with E-state index in [1.807, 2.05) is 24.3 Å². The minimum Gasteiger partial charge on any atom is -0.481 e. The number of hydrogen-bond acceptors (Lipinski definition) is 3. The number of fused-ring (bicyclic) bond motifs is 1. The Bertz CT molecular complexity index is 405. The summed E-state index contributed by atoms with van der Waals surface area (Å²) in [7, 11) is 1.68. The van der Waals surface area contributed by atoms with Gasteiger partial charge in [-0.2, -0.15) is 0 Å². The van der Waals surface area contributed by atoms with Crippen LogP contribution in [0.5, 0.6) is 0 Å². The summed E-state index contributed by atoms with van der Waals surface area (Å²) in [5.74, 6) is -1.14. The van der Waals surface area contributed by atoms with Crippen LogP contribution in [0.15, 0.2) is 24.3 Å². The van der Waals surface area contributed by atoms with Crippen LogP contribution < -0.4 is 4.90 Å². The van der Waals surface area contributed by atoms with Gasteiger partial charge in [-0.1, -0.05) is 18.2 Å². The topological polar surface area (TPSA) is 49.8 Å². The summed E-state index contributed by atoms with van der Waals surface area (Å²) in [5, 5.41) is 9.20. The lowest BCUT2D eigenvalue weighted by molar-refractivity contribution is -0.138. The second-order valence-corrected chi connectivity index (χ2v) is 4.24. The van der Waals surface area contributed by atoms with E-state index in [0.29, 0.717) is 13.2 Å². The third kappa shape index (κ3) is 2.42. The van der Waals surface area contributed by atoms with Crippen LogP contribution in [0.4, 0.5) is 5.69 Å². The SMILES string of the molecule is COCCCN1CC(C(=O)O)c2ccccc21. The third-order valence-electron chi connectivity index (χ3n) is 3.13. The molecule has 4 heteroatoms. The molecule has 1 N–H and O–H groups in total. The van der Waals surface area contributed by atoms with Crippen LogP contribution in [0, 0.1) is 0 Å². The lowest BCUT2D eigenvalue weighted by Crippen LogP contribution is -2.26. The zero-order chi connectivity index (χ0) is 12.3. The standard InChI is InChI=1S/C13H17NO3/c1-17-8-4-7-14-9-11(13(15)16)10-5-2-3-6-12(10)14/h2-3,5-6,11H,4,7-9H2,1H3,(H,15,16). The van der Waals surface area contributed by atoms with Gasteiger partial charge in [0, 0.05) is 32.5 Å². The molecule has 1 aromatic rings. The highest BCUT2D eigenvalue weighted by Gasteiger charge is 2.32. The number of methoxy groups -OCH3 is 1. The van der Waals surface area contributed by atoms with Crippen molar-refractivity contribution >= 4 is 11.7 Å². The predicted octanol–water partition coefficient (Wildman–Crippen LogP) is 1.71. The molecule has 0 amide bonds. The average molecular weight is 235 g/mol. The Morgan fingerprint density at radius 2 is 2.29 bits per heavy atom. The molecule has 1 aromatic carbocycles. The summed E-state index contributed by atoms with van der Waals surface area (Å²) in [6.45, 7) is 2.11. The van der Waals surface area contributed by atoms with Crippen molar-refractivity contribution < 1.29 is 14.6 Å². The van der Waals surface area contributed by atoms with E-state index < -0.39 is 11.9 Å². The molecule has 92 valence electrons. The number of rotatable bonds is 5. The summed E-state index contributed by atoms with van der Waals surface area (Å²) in [6, 6.07) is 7.75. The van der Waals surface area contributed by atoms with Crippen LogP contribution >= 0.6 is 0 Å². The molecular formula is C13H17NO3. The van der Waals surface area contributed by atoms with Crippen molar-refractivity contribution in [1.29, 1.82) is 0 Å². The number of hydrogen-bond donors (Lipinski definition) is 1. The van der Waals surface area contributed by atoms with E-state index in [1.165, 1.54) is 0 Å². The molecule has 1 unspecified atom stereocenters. The van der Waals surface area contributed by atoms with E-state index in [1.54, 1.807) is 7.11 Å². The number of carboxylic acid groups (broad SMARTS) is 1. The van der Waals surface area contributed by atoms with Crippen molar-refractivity contribution in [3.05, 3.63) is 29.8 Å². The van der Waals surface area contributed by atoms with E-state index in [0.717, 1.165) is 24.2 Å². The highest BCUT2D eigenvalue weighted by atomic mass is 16.5. The molecule has 0 aliphatic carbocycles. The van der Waals surface area contributed by atoms with Gasteiger partial charge in [-0.3, -0.25) is 4.79 Å². The average Bonchev–Trinajstić information content (AvgIpc) is 2.69. The summed E-state index contributed by atoms with van der Waals surface area (Å²) >= 11 is 0. The summed E-state index contributed by atoms with van der Waals surface area (Å²) < 4.78 is 5.02. The molecule has 0 saturated heterocycles. The van der Waals surface area contributed by atoms with Gasteiger partial charge in [0.05, 0.1) is 0 Å². The monoisotopic (exact) mass is 235 g/mol. The molecule has 1 aliphatic heterocycles. The number of carbonyl (C=O) groups is 1. The Hall–Kier alpha value is -1.55. The molecule has 1 heterocycles. The van der Waals surface area contributed by atoms with E-state index in [4.69, 9.17) is 4.74 Å². The Balaban J connectivity index is 2.14. The quantitative estimate of drug-likeness (QED) is 0.789. The van der Waals surface area contributed by atoms with Crippen LogP contribution in [-0.2, 0) is 9.53 Å². The number of ether oxygens (including phenoxy) is 1. The zero-order valence-corrected chi connectivity index (χ0v) is 9.93. The molecule has 0 spiro atoms. The highest BCUT2D eigenvalue weighted by Crippen LogP contribution is 2.36. The fourth-order valence-electron chi connectivity index (χ4n) is 2.31. The number of para-hydroxylation sites is 1. The minimum absolute atomic E-state index is 0.395. The third-order valence-corrected chi connectivity index (χ3v) is 3.13. The molecule has 1 atom stereocenters. The maximum absolute atomic E-state index is 11.2. The van der Waals surface area contributed by atoms with Gasteiger partial charge in [0.2, 0.25) is 0 Å². The van der Waals surface area contributed by atoms with Crippen molar-refractivity contribution in [3.8, 4) is 0 Å². The molecule has 17 heavy (non-hydrogen) atoms. The van der Waals surface area contributed by atoms with Gasteiger partial charge in [0.25, 0.3) is 0 Å². The largest absolute Gasteiger partial charge is 0.481 e. The molecule has 0 fully saturated rings. The Morgan fingerprint density at radius 3 is 3.00 bits per heavy atom. The maximum Gasteiger partial charge on any atom is 0.312 e. The van der Waals surface area contributed by atoms with Crippen LogP contribution in [0.1, 0.15) is 17.9 Å². The lowest BCUT2D eigenvalue weighted by Gasteiger charge is -2.19. The molecule has 1 aliphatic rings. The molecule has 0 aromatic heterocycles. The minimum atomic E-state index is -0.744. The number of nitrogens with zero attached hydrogens (tertiary/aromatic N) is 1. The molecular weight excluding hydrogens is 218 g/mol. The molecule has 0 bridgehead atoms. The van der Waals surface area contributed by atoms with Crippen LogP contribution in [0.25, 0.3) is 0 Å². The number of aliphatic carboxylic acids is 1. The lowest BCUT2D eigenvalue weighted by atomic mass is 10.0. The summed E-state index contributed by atoms with van der Waals surface area (Å²) in [6.07, 6.45) is 0.914. The van der Waals surface area contributed by atoms with Gasteiger partial charge < -0.3 is 14.7 Å². The maximum atomic E-state index is 11.2. The van der Waals surface area contributed by atoms with Crippen molar-refractivity contribution in [1.82, 2.24) is 0 Å². The first-order valence-electron chi connectivity index (χ1n) is 5.79. The van der Waals surface area contributed by atoms with E-state index in [2.05, 4.69) is 4.90 Å². The van der Waals surface area contributed by atoms with Crippen LogP contribution in [0.2, 0.25) is 0 Å². The van der Waals surface area contributed by atoms with Gasteiger partial charge in [0.1, 0.15) is 5.92 Å². The highest BCUT2D eigenvalue weighted by molar-refractivity contribution is 5.82. The van der Waals surface area contributed by atoms with Crippen molar-refractivity contribution in [2.24, 2.45) is 0 Å². The second-order valence-electron chi connectivity index (χ2n) is 4.24. The van der Waals surface area contributed by atoms with Gasteiger partial charge in [-0.15, -0.1) is 0 Å². The van der Waals surface area contributed by atoms with Gasteiger partial charge in [0.15, 0.2) is 0 Å². The zero-order valence-electron chi connectivity index (χ0n) is 9.93. The van der Waals surface area contributed by atoms with Gasteiger partial charge in [-0.05, 0) is 18.1 Å². The molecule has 0 saturated carbocycles. The van der Waals surface area contributed by atoms with Gasteiger partial charge in [-0.25, -0.2) is 0 Å². The van der Waals surface area contributed by atoms with Crippen molar-refractivity contribution in [3.63, 3.8) is 0 Å². The first-order chi connectivity index (χ1) is 8.24. The van der Waals surface area contributed by atoms with E-state index in [-0.39, 0.29) is 0 Å². The first-order valence-corrected chi connectivity index (χ1v) is 5.79. The molecule has 2 rings (SSSR count). The molecule has 0 radical (unpaired) electrons. The van der Waals surface area contributed by atoms with Gasteiger partial charge >= 0.3 is 5.97 Å². The number of carboxylic acids is 1. The predicted molar refractivity (Wildman–Crippen MR) is 65.5 cm³/mol.